The van der Waals surface area contributed by atoms with Crippen LogP contribution in [-0.2, 0) is 11.3 Å². The molecule has 2 aromatic rings. The Kier molecular flexibility index (Phi) is 4.36. The molecule has 4 rings (SSSR count). The lowest BCUT2D eigenvalue weighted by Crippen LogP contribution is -2.40. The maximum atomic E-state index is 13.0. The van der Waals surface area contributed by atoms with Gasteiger partial charge < -0.3 is 9.47 Å². The Bertz CT molecular complexity index is 802. The second kappa shape index (κ2) is 6.47. The van der Waals surface area contributed by atoms with Crippen LogP contribution in [0.4, 0.5) is 0 Å². The molecule has 1 saturated heterocycles. The van der Waals surface area contributed by atoms with Crippen molar-refractivity contribution in [3.05, 3.63) is 48.3 Å². The molecular weight excluding hydrogens is 336 g/mol. The van der Waals surface area contributed by atoms with E-state index in [1.165, 1.54) is 5.56 Å². The number of hydrogen-bond acceptors (Lipinski definition) is 3. The molecule has 0 N–H and O–H groups in total. The molecule has 1 aliphatic heterocycles. The highest BCUT2D eigenvalue weighted by molar-refractivity contribution is 5.84. The minimum Gasteiger partial charge on any atom is -0.342 e. The van der Waals surface area contributed by atoms with E-state index in [9.17, 15) is 4.79 Å². The fourth-order valence-corrected chi connectivity index (χ4v) is 4.85. The minimum absolute atomic E-state index is 0.113. The van der Waals surface area contributed by atoms with Crippen LogP contribution in [0.25, 0.3) is 0 Å². The number of likely N-dealkylation sites (tertiary alicyclic amines) is 1. The van der Waals surface area contributed by atoms with E-state index in [2.05, 4.69) is 53.3 Å². The lowest BCUT2D eigenvalue weighted by molar-refractivity contribution is -0.134. The summed E-state index contributed by atoms with van der Waals surface area (Å²) < 4.78 is 2.24. The summed E-state index contributed by atoms with van der Waals surface area (Å²) in [5.74, 6) is 2.08. The number of rotatable bonds is 4. The van der Waals surface area contributed by atoms with E-state index in [4.69, 9.17) is 0 Å². The van der Waals surface area contributed by atoms with Gasteiger partial charge in [0.2, 0.25) is 5.91 Å². The van der Waals surface area contributed by atoms with Crippen LogP contribution in [0.15, 0.2) is 36.9 Å². The zero-order valence-corrected chi connectivity index (χ0v) is 16.9. The molecule has 1 amide bonds. The molecule has 5 heteroatoms. The largest absolute Gasteiger partial charge is 0.342 e. The number of imidazole rings is 1. The standard InChI is InChI=1S/C22H30N4O/c1-21(2)18(22(21,3)4)20(27)25-12-7-17(8-13-25)19-24-11-14-26(19)15-16-5-9-23-10-6-16/h5-6,9-11,14,17-18H,7-8,12-13,15H2,1-4H3. The number of pyridine rings is 1. The Morgan fingerprint density at radius 2 is 1.70 bits per heavy atom. The Morgan fingerprint density at radius 1 is 1.07 bits per heavy atom. The first-order valence-electron chi connectivity index (χ1n) is 10.0. The number of piperidine rings is 1. The summed E-state index contributed by atoms with van der Waals surface area (Å²) in [6.45, 7) is 11.4. The minimum atomic E-state index is 0.113. The number of carbonyl (C=O) groups is 1. The van der Waals surface area contributed by atoms with E-state index < -0.39 is 0 Å². The van der Waals surface area contributed by atoms with Gasteiger partial charge in [-0.3, -0.25) is 9.78 Å². The van der Waals surface area contributed by atoms with Gasteiger partial charge in [0.25, 0.3) is 0 Å². The SMILES string of the molecule is CC1(C)C(C(=O)N2CCC(c3nccn3Cc3ccncc3)CC2)C1(C)C. The van der Waals surface area contributed by atoms with Gasteiger partial charge in [0.15, 0.2) is 0 Å². The second-order valence-electron chi connectivity index (χ2n) is 9.24. The summed E-state index contributed by atoms with van der Waals surface area (Å²) in [6.07, 6.45) is 9.60. The Labute approximate surface area is 161 Å². The smallest absolute Gasteiger partial charge is 0.226 e. The number of hydrogen-bond donors (Lipinski definition) is 0. The first-order chi connectivity index (χ1) is 12.8. The maximum absolute atomic E-state index is 13.0. The molecule has 1 saturated carbocycles. The summed E-state index contributed by atoms with van der Waals surface area (Å²) in [6, 6.07) is 4.09. The number of aromatic nitrogens is 3. The average Bonchev–Trinajstić information content (AvgIpc) is 2.94. The first kappa shape index (κ1) is 18.2. The van der Waals surface area contributed by atoms with Crippen molar-refractivity contribution in [1.29, 1.82) is 0 Å². The van der Waals surface area contributed by atoms with Gasteiger partial charge >= 0.3 is 0 Å². The predicted molar refractivity (Wildman–Crippen MR) is 105 cm³/mol. The summed E-state index contributed by atoms with van der Waals surface area (Å²) in [7, 11) is 0. The topological polar surface area (TPSA) is 51.0 Å². The van der Waals surface area contributed by atoms with Gasteiger partial charge in [-0.15, -0.1) is 0 Å². The lowest BCUT2D eigenvalue weighted by Gasteiger charge is -2.32. The molecule has 1 aliphatic carbocycles. The first-order valence-corrected chi connectivity index (χ1v) is 10.0. The molecule has 0 unspecified atom stereocenters. The highest BCUT2D eigenvalue weighted by Crippen LogP contribution is 2.68. The van der Waals surface area contributed by atoms with Crippen molar-refractivity contribution in [3.63, 3.8) is 0 Å². The predicted octanol–water partition coefficient (Wildman–Crippen LogP) is 3.71. The van der Waals surface area contributed by atoms with Crippen molar-refractivity contribution < 1.29 is 4.79 Å². The summed E-state index contributed by atoms with van der Waals surface area (Å²) >= 11 is 0. The van der Waals surface area contributed by atoms with Gasteiger partial charge in [-0.25, -0.2) is 4.98 Å². The number of amides is 1. The van der Waals surface area contributed by atoms with Gasteiger partial charge in [0.1, 0.15) is 5.82 Å². The molecule has 144 valence electrons. The molecule has 0 atom stereocenters. The highest BCUT2D eigenvalue weighted by atomic mass is 16.2. The number of carbonyl (C=O) groups excluding carboxylic acids is 1. The molecule has 27 heavy (non-hydrogen) atoms. The van der Waals surface area contributed by atoms with Gasteiger partial charge in [-0.2, -0.15) is 0 Å². The Balaban J connectivity index is 1.39. The monoisotopic (exact) mass is 366 g/mol. The molecule has 0 spiro atoms. The molecule has 2 aliphatic rings. The van der Waals surface area contributed by atoms with E-state index in [1.54, 1.807) is 0 Å². The molecule has 0 bridgehead atoms. The van der Waals surface area contributed by atoms with Crippen LogP contribution < -0.4 is 0 Å². The van der Waals surface area contributed by atoms with Crippen LogP contribution in [0.3, 0.4) is 0 Å². The second-order valence-corrected chi connectivity index (χ2v) is 9.24. The van der Waals surface area contributed by atoms with Crippen molar-refractivity contribution in [2.24, 2.45) is 16.7 Å². The average molecular weight is 367 g/mol. The Hall–Kier alpha value is -2.17. The van der Waals surface area contributed by atoms with E-state index in [-0.39, 0.29) is 16.7 Å². The van der Waals surface area contributed by atoms with Crippen LogP contribution >= 0.6 is 0 Å². The van der Waals surface area contributed by atoms with Crippen molar-refractivity contribution in [3.8, 4) is 0 Å². The molecule has 5 nitrogen and oxygen atoms in total. The van der Waals surface area contributed by atoms with E-state index >= 15 is 0 Å². The zero-order valence-electron chi connectivity index (χ0n) is 16.9. The molecule has 0 radical (unpaired) electrons. The summed E-state index contributed by atoms with van der Waals surface area (Å²) in [5.41, 5.74) is 1.46. The van der Waals surface area contributed by atoms with Crippen LogP contribution in [0.2, 0.25) is 0 Å². The quantitative estimate of drug-likeness (QED) is 0.829. The van der Waals surface area contributed by atoms with Gasteiger partial charge in [-0.05, 0) is 41.4 Å². The third-order valence-electron chi connectivity index (χ3n) is 7.29. The van der Waals surface area contributed by atoms with Gasteiger partial charge in [-0.1, -0.05) is 27.7 Å². The molecule has 3 heterocycles. The van der Waals surface area contributed by atoms with E-state index in [0.717, 1.165) is 38.3 Å². The maximum Gasteiger partial charge on any atom is 0.226 e. The fraction of sp³-hybridized carbons (Fsp3) is 0.591. The van der Waals surface area contributed by atoms with Crippen molar-refractivity contribution in [1.82, 2.24) is 19.4 Å². The normalized spacial score (nSPS) is 22.0. The van der Waals surface area contributed by atoms with E-state index in [1.807, 2.05) is 30.7 Å². The molecule has 2 aromatic heterocycles. The van der Waals surface area contributed by atoms with Crippen molar-refractivity contribution in [2.45, 2.75) is 53.0 Å². The summed E-state index contributed by atoms with van der Waals surface area (Å²) in [5, 5.41) is 0. The third-order valence-corrected chi connectivity index (χ3v) is 7.29. The van der Waals surface area contributed by atoms with Crippen LogP contribution in [-0.4, -0.2) is 38.4 Å². The van der Waals surface area contributed by atoms with Crippen LogP contribution in [0.5, 0.6) is 0 Å². The molecular formula is C22H30N4O. The Morgan fingerprint density at radius 3 is 2.30 bits per heavy atom. The van der Waals surface area contributed by atoms with E-state index in [0.29, 0.717) is 11.8 Å². The van der Waals surface area contributed by atoms with Crippen LogP contribution in [0.1, 0.15) is 57.8 Å². The van der Waals surface area contributed by atoms with Crippen molar-refractivity contribution >= 4 is 5.91 Å². The van der Waals surface area contributed by atoms with Crippen LogP contribution in [0, 0.1) is 16.7 Å². The third kappa shape index (κ3) is 3.07. The fourth-order valence-electron chi connectivity index (χ4n) is 4.85. The zero-order chi connectivity index (χ0) is 19.2. The number of nitrogens with zero attached hydrogens (tertiary/aromatic N) is 4. The van der Waals surface area contributed by atoms with Gasteiger partial charge in [0.05, 0.1) is 0 Å². The lowest BCUT2D eigenvalue weighted by atomic mass is 9.95. The van der Waals surface area contributed by atoms with Crippen molar-refractivity contribution in [2.75, 3.05) is 13.1 Å². The molecule has 2 fully saturated rings. The highest BCUT2D eigenvalue weighted by Gasteiger charge is 2.68. The van der Waals surface area contributed by atoms with Gasteiger partial charge in [0, 0.05) is 56.3 Å². The summed E-state index contributed by atoms with van der Waals surface area (Å²) in [4.78, 5) is 23.8. The molecule has 0 aromatic carbocycles.